The normalized spacial score (nSPS) is 14.6. The van der Waals surface area contributed by atoms with Crippen LogP contribution in [0.15, 0.2) is 40.6 Å². The summed E-state index contributed by atoms with van der Waals surface area (Å²) >= 11 is 0. The Kier molecular flexibility index (Phi) is 3.46. The average molecular weight is 258 g/mol. The minimum Gasteiger partial charge on any atom is -0.512 e. The van der Waals surface area contributed by atoms with Gasteiger partial charge in [0.15, 0.2) is 5.84 Å². The summed E-state index contributed by atoms with van der Waals surface area (Å²) in [5.41, 5.74) is 1.60. The van der Waals surface area contributed by atoms with Gasteiger partial charge in [-0.05, 0) is 13.8 Å². The van der Waals surface area contributed by atoms with Gasteiger partial charge in [0.05, 0.1) is 12.3 Å². The van der Waals surface area contributed by atoms with Gasteiger partial charge >= 0.3 is 5.97 Å². The zero-order valence-electron chi connectivity index (χ0n) is 10.7. The monoisotopic (exact) mass is 258 g/mol. The number of rotatable bonds is 3. The van der Waals surface area contributed by atoms with E-state index < -0.39 is 5.97 Å². The third-order valence-corrected chi connectivity index (χ3v) is 2.74. The lowest BCUT2D eigenvalue weighted by atomic mass is 9.99. The first-order chi connectivity index (χ1) is 9.06. The molecule has 0 spiro atoms. The molecule has 5 nitrogen and oxygen atoms in total. The fraction of sp³-hybridized carbons (Fsp3) is 0.214. The molecule has 0 saturated carbocycles. The molecule has 0 atom stereocenters. The zero-order valence-corrected chi connectivity index (χ0v) is 10.7. The largest absolute Gasteiger partial charge is 0.512 e. The van der Waals surface area contributed by atoms with Crippen LogP contribution in [0.4, 0.5) is 0 Å². The van der Waals surface area contributed by atoms with Crippen LogP contribution in [0.1, 0.15) is 25.0 Å². The molecule has 19 heavy (non-hydrogen) atoms. The minimum atomic E-state index is -0.634. The van der Waals surface area contributed by atoms with E-state index in [9.17, 15) is 9.90 Å². The third kappa shape index (κ3) is 2.27. The Hall–Kier alpha value is -2.43. The van der Waals surface area contributed by atoms with Crippen LogP contribution in [0.25, 0.3) is 0 Å². The van der Waals surface area contributed by atoms with Crippen molar-refractivity contribution in [3.05, 3.63) is 46.7 Å². The van der Waals surface area contributed by atoms with Gasteiger partial charge in [-0.2, -0.15) is 0 Å². The molecule has 5 heteroatoms. The van der Waals surface area contributed by atoms with Crippen LogP contribution >= 0.6 is 0 Å². The number of nitrogens with one attached hydrogen (secondary N) is 1. The second-order valence-corrected chi connectivity index (χ2v) is 4.04. The molecule has 1 heterocycles. The Morgan fingerprint density at radius 3 is 2.58 bits per heavy atom. The third-order valence-electron chi connectivity index (χ3n) is 2.74. The van der Waals surface area contributed by atoms with Crippen LogP contribution in [0.5, 0.6) is 0 Å². The highest BCUT2D eigenvalue weighted by atomic mass is 16.5. The quantitative estimate of drug-likeness (QED) is 0.495. The molecule has 1 aromatic rings. The molecule has 0 bridgehead atoms. The van der Waals surface area contributed by atoms with E-state index in [-0.39, 0.29) is 23.8 Å². The number of carbonyl (C=O) groups excluding carboxylic acids is 1. The molecule has 0 fully saturated rings. The topological polar surface area (TPSA) is 82.7 Å². The molecule has 0 unspecified atom stereocenters. The Morgan fingerprint density at radius 1 is 1.37 bits per heavy atom. The van der Waals surface area contributed by atoms with E-state index in [0.29, 0.717) is 16.8 Å². The standard InChI is InChI=1S/C14H14N2O3/c1-3-19-14(18)11(8(2)17)12-9-6-4-5-7-10(9)13(15)16-12/h4-7,15,17H,3H2,1-2H3/b11-8-,15-13?. The van der Waals surface area contributed by atoms with Crippen molar-refractivity contribution in [1.82, 2.24) is 0 Å². The maximum Gasteiger partial charge on any atom is 0.343 e. The highest BCUT2D eigenvalue weighted by molar-refractivity contribution is 6.35. The van der Waals surface area contributed by atoms with Gasteiger partial charge in [0.2, 0.25) is 0 Å². The van der Waals surface area contributed by atoms with Crippen molar-refractivity contribution in [2.75, 3.05) is 6.61 Å². The number of esters is 1. The second-order valence-electron chi connectivity index (χ2n) is 4.04. The average Bonchev–Trinajstić information content (AvgIpc) is 2.68. The van der Waals surface area contributed by atoms with E-state index in [1.165, 1.54) is 6.92 Å². The van der Waals surface area contributed by atoms with E-state index in [2.05, 4.69) is 4.99 Å². The van der Waals surface area contributed by atoms with Gasteiger partial charge in [0.1, 0.15) is 11.3 Å². The highest BCUT2D eigenvalue weighted by Gasteiger charge is 2.29. The number of nitrogens with zero attached hydrogens (tertiary/aromatic N) is 1. The van der Waals surface area contributed by atoms with Crippen molar-refractivity contribution in [2.45, 2.75) is 13.8 Å². The van der Waals surface area contributed by atoms with Crippen molar-refractivity contribution in [2.24, 2.45) is 4.99 Å². The molecular weight excluding hydrogens is 244 g/mol. The maximum absolute atomic E-state index is 11.9. The molecule has 1 aliphatic rings. The van der Waals surface area contributed by atoms with E-state index in [0.717, 1.165) is 0 Å². The van der Waals surface area contributed by atoms with E-state index in [1.54, 1.807) is 31.2 Å². The lowest BCUT2D eigenvalue weighted by Gasteiger charge is -2.08. The van der Waals surface area contributed by atoms with Crippen LogP contribution in [0, 0.1) is 5.41 Å². The molecule has 0 radical (unpaired) electrons. The summed E-state index contributed by atoms with van der Waals surface area (Å²) in [6.07, 6.45) is 0. The molecule has 2 rings (SSSR count). The number of allylic oxidation sites excluding steroid dienone is 1. The molecule has 98 valence electrons. The van der Waals surface area contributed by atoms with E-state index in [1.807, 2.05) is 0 Å². The van der Waals surface area contributed by atoms with Crippen LogP contribution in [0.3, 0.4) is 0 Å². The van der Waals surface area contributed by atoms with Crippen LogP contribution < -0.4 is 0 Å². The van der Waals surface area contributed by atoms with Crippen molar-refractivity contribution < 1.29 is 14.6 Å². The number of amidine groups is 1. The predicted molar refractivity (Wildman–Crippen MR) is 71.8 cm³/mol. The second kappa shape index (κ2) is 5.06. The van der Waals surface area contributed by atoms with E-state index in [4.69, 9.17) is 10.1 Å². The summed E-state index contributed by atoms with van der Waals surface area (Å²) in [6.45, 7) is 3.30. The highest BCUT2D eigenvalue weighted by Crippen LogP contribution is 2.24. The summed E-state index contributed by atoms with van der Waals surface area (Å²) in [6, 6.07) is 7.11. The Labute approximate surface area is 110 Å². The van der Waals surface area contributed by atoms with Crippen molar-refractivity contribution >= 4 is 17.5 Å². The van der Waals surface area contributed by atoms with Gasteiger partial charge in [0.25, 0.3) is 0 Å². The number of benzene rings is 1. The lowest BCUT2D eigenvalue weighted by Crippen LogP contribution is -2.18. The number of aliphatic imine (C=N–C) groups is 1. The molecular formula is C14H14N2O3. The molecule has 1 aliphatic heterocycles. The van der Waals surface area contributed by atoms with Crippen LogP contribution in [0.2, 0.25) is 0 Å². The summed E-state index contributed by atoms with van der Waals surface area (Å²) < 4.78 is 4.92. The summed E-state index contributed by atoms with van der Waals surface area (Å²) in [4.78, 5) is 16.0. The molecule has 0 aromatic heterocycles. The molecule has 2 N–H and O–H groups in total. The number of carbonyl (C=O) groups is 1. The van der Waals surface area contributed by atoms with Crippen LogP contribution in [-0.2, 0) is 9.53 Å². The SMILES string of the molecule is CCOC(=O)/C(C1=NC(=N)c2ccccc21)=C(/C)O. The number of ether oxygens (including phenoxy) is 1. The minimum absolute atomic E-state index is 0.0107. The summed E-state index contributed by atoms with van der Waals surface area (Å²) in [5, 5.41) is 17.5. The Morgan fingerprint density at radius 2 is 2.00 bits per heavy atom. The van der Waals surface area contributed by atoms with Gasteiger partial charge in [-0.15, -0.1) is 0 Å². The first-order valence-corrected chi connectivity index (χ1v) is 5.90. The Balaban J connectivity index is 2.53. The lowest BCUT2D eigenvalue weighted by molar-refractivity contribution is -0.138. The maximum atomic E-state index is 11.9. The van der Waals surface area contributed by atoms with Crippen molar-refractivity contribution in [1.29, 1.82) is 5.41 Å². The fourth-order valence-corrected chi connectivity index (χ4v) is 1.94. The van der Waals surface area contributed by atoms with Crippen molar-refractivity contribution in [3.63, 3.8) is 0 Å². The zero-order chi connectivity index (χ0) is 14.0. The summed E-state index contributed by atoms with van der Waals surface area (Å²) in [7, 11) is 0. The van der Waals surface area contributed by atoms with Gasteiger partial charge in [-0.25, -0.2) is 9.79 Å². The van der Waals surface area contributed by atoms with Crippen LogP contribution in [-0.4, -0.2) is 29.2 Å². The van der Waals surface area contributed by atoms with Gasteiger partial charge in [-0.3, -0.25) is 5.41 Å². The first kappa shape index (κ1) is 13.0. The molecule has 1 aromatic carbocycles. The predicted octanol–water partition coefficient (Wildman–Crippen LogP) is 2.21. The number of fused-ring (bicyclic) bond motifs is 1. The number of aliphatic hydroxyl groups is 1. The van der Waals surface area contributed by atoms with Crippen molar-refractivity contribution in [3.8, 4) is 0 Å². The van der Waals surface area contributed by atoms with E-state index >= 15 is 0 Å². The summed E-state index contributed by atoms with van der Waals surface area (Å²) in [5.74, 6) is -0.721. The number of aliphatic hydroxyl groups excluding tert-OH is 1. The number of hydrogen-bond donors (Lipinski definition) is 2. The van der Waals surface area contributed by atoms with Gasteiger partial charge < -0.3 is 9.84 Å². The first-order valence-electron chi connectivity index (χ1n) is 5.90. The van der Waals surface area contributed by atoms with Gasteiger partial charge in [-0.1, -0.05) is 24.3 Å². The smallest absolute Gasteiger partial charge is 0.343 e. The fourth-order valence-electron chi connectivity index (χ4n) is 1.94. The molecule has 0 aliphatic carbocycles. The van der Waals surface area contributed by atoms with Gasteiger partial charge in [0, 0.05) is 11.1 Å². The molecule has 0 saturated heterocycles. The number of hydrogen-bond acceptors (Lipinski definition) is 4. The Bertz CT molecular complexity index is 611. The molecule has 0 amide bonds.